The van der Waals surface area contributed by atoms with Crippen LogP contribution in [0.5, 0.6) is 5.75 Å². The predicted octanol–water partition coefficient (Wildman–Crippen LogP) is 2.72. The summed E-state index contributed by atoms with van der Waals surface area (Å²) in [5, 5.41) is 13.5. The first-order chi connectivity index (χ1) is 12.7. The Morgan fingerprint density at radius 3 is 2.73 bits per heavy atom. The average molecular weight is 348 g/mol. The van der Waals surface area contributed by atoms with E-state index < -0.39 is 0 Å². The minimum absolute atomic E-state index is 0.120. The van der Waals surface area contributed by atoms with Gasteiger partial charge in [0.1, 0.15) is 5.75 Å². The van der Waals surface area contributed by atoms with Crippen molar-refractivity contribution in [1.82, 2.24) is 15.0 Å². The molecule has 0 fully saturated rings. The largest absolute Gasteiger partial charge is 0.507 e. The van der Waals surface area contributed by atoms with E-state index in [0.717, 1.165) is 12.2 Å². The molecular weight excluding hydrogens is 328 g/mol. The first-order valence-electron chi connectivity index (χ1n) is 8.35. The second-order valence-electron chi connectivity index (χ2n) is 5.87. The highest BCUT2D eigenvalue weighted by atomic mass is 16.3. The van der Waals surface area contributed by atoms with Gasteiger partial charge in [-0.25, -0.2) is 10.4 Å². The van der Waals surface area contributed by atoms with E-state index in [4.69, 9.17) is 0 Å². The summed E-state index contributed by atoms with van der Waals surface area (Å²) < 4.78 is 2.00. The van der Waals surface area contributed by atoms with Crippen LogP contribution in [0, 0.1) is 0 Å². The van der Waals surface area contributed by atoms with Crippen molar-refractivity contribution in [3.8, 4) is 5.75 Å². The van der Waals surface area contributed by atoms with E-state index in [1.165, 1.54) is 11.8 Å². The Morgan fingerprint density at radius 2 is 1.92 bits per heavy atom. The molecule has 0 saturated heterocycles. The van der Waals surface area contributed by atoms with Gasteiger partial charge in [0.15, 0.2) is 0 Å². The van der Waals surface area contributed by atoms with Crippen molar-refractivity contribution in [1.29, 1.82) is 0 Å². The lowest BCUT2D eigenvalue weighted by molar-refractivity contribution is -0.121. The van der Waals surface area contributed by atoms with Gasteiger partial charge in [-0.05, 0) is 24.1 Å². The number of phenols is 1. The van der Waals surface area contributed by atoms with Crippen molar-refractivity contribution in [3.05, 3.63) is 83.9 Å². The number of hydrogen-bond acceptors (Lipinski definition) is 4. The minimum Gasteiger partial charge on any atom is -0.507 e. The quantitative estimate of drug-likeness (QED) is 0.509. The molecule has 0 aliphatic heterocycles. The fourth-order valence-electron chi connectivity index (χ4n) is 2.48. The normalized spacial score (nSPS) is 10.9. The Morgan fingerprint density at radius 1 is 1.15 bits per heavy atom. The molecule has 0 atom stereocenters. The van der Waals surface area contributed by atoms with Crippen LogP contribution in [0.1, 0.15) is 23.2 Å². The van der Waals surface area contributed by atoms with Gasteiger partial charge >= 0.3 is 0 Å². The van der Waals surface area contributed by atoms with Crippen LogP contribution in [-0.2, 0) is 17.8 Å². The van der Waals surface area contributed by atoms with Gasteiger partial charge in [0.25, 0.3) is 0 Å². The summed E-state index contributed by atoms with van der Waals surface area (Å²) in [6.07, 6.45) is 5.98. The van der Waals surface area contributed by atoms with Crippen LogP contribution in [0.25, 0.3) is 0 Å². The highest BCUT2D eigenvalue weighted by Crippen LogP contribution is 2.12. The van der Waals surface area contributed by atoms with Crippen LogP contribution in [-0.4, -0.2) is 26.8 Å². The maximum absolute atomic E-state index is 11.9. The number of amides is 1. The van der Waals surface area contributed by atoms with Crippen LogP contribution in [0.4, 0.5) is 0 Å². The molecule has 0 bridgehead atoms. The summed E-state index contributed by atoms with van der Waals surface area (Å²) in [6.45, 7) is 0.755. The molecule has 0 radical (unpaired) electrons. The molecule has 6 nitrogen and oxygen atoms in total. The molecule has 3 rings (SSSR count). The van der Waals surface area contributed by atoms with Gasteiger partial charge in [0.2, 0.25) is 5.91 Å². The van der Waals surface area contributed by atoms with E-state index >= 15 is 0 Å². The molecule has 132 valence electrons. The second kappa shape index (κ2) is 8.62. The molecule has 3 aromatic rings. The number of hydrogen-bond donors (Lipinski definition) is 2. The highest BCUT2D eigenvalue weighted by Gasteiger charge is 2.04. The molecule has 1 heterocycles. The van der Waals surface area contributed by atoms with E-state index in [1.54, 1.807) is 30.6 Å². The Bertz CT molecular complexity index is 888. The van der Waals surface area contributed by atoms with Gasteiger partial charge in [-0.15, -0.1) is 0 Å². The summed E-state index contributed by atoms with van der Waals surface area (Å²) in [4.78, 5) is 16.2. The van der Waals surface area contributed by atoms with Gasteiger partial charge in [-0.1, -0.05) is 42.5 Å². The van der Waals surface area contributed by atoms with Crippen LogP contribution < -0.4 is 5.43 Å². The fourth-order valence-corrected chi connectivity index (χ4v) is 2.48. The Kier molecular flexibility index (Phi) is 5.77. The van der Waals surface area contributed by atoms with E-state index in [9.17, 15) is 9.90 Å². The summed E-state index contributed by atoms with van der Waals surface area (Å²) in [7, 11) is 0. The van der Waals surface area contributed by atoms with Gasteiger partial charge in [-0.2, -0.15) is 5.10 Å². The number of nitrogens with one attached hydrogen (secondary N) is 1. The second-order valence-corrected chi connectivity index (χ2v) is 5.87. The molecule has 0 unspecified atom stereocenters. The molecule has 6 heteroatoms. The average Bonchev–Trinajstić information content (AvgIpc) is 3.10. The molecule has 2 aromatic carbocycles. The van der Waals surface area contributed by atoms with Gasteiger partial charge < -0.3 is 9.67 Å². The van der Waals surface area contributed by atoms with Crippen molar-refractivity contribution in [2.75, 3.05) is 0 Å². The number of phenolic OH excluding ortho intramolecular Hbond substituents is 1. The fraction of sp³-hybridized carbons (Fsp3) is 0.150. The van der Waals surface area contributed by atoms with E-state index in [-0.39, 0.29) is 11.7 Å². The van der Waals surface area contributed by atoms with E-state index in [2.05, 4.69) is 27.6 Å². The zero-order valence-electron chi connectivity index (χ0n) is 14.2. The number of aryl methyl sites for hydroxylation is 1. The van der Waals surface area contributed by atoms with Crippen molar-refractivity contribution in [3.63, 3.8) is 0 Å². The highest BCUT2D eigenvalue weighted by molar-refractivity contribution is 5.85. The first kappa shape index (κ1) is 17.4. The van der Waals surface area contributed by atoms with Gasteiger partial charge in [-0.3, -0.25) is 4.79 Å². The number of hydrazone groups is 1. The van der Waals surface area contributed by atoms with E-state index in [1.807, 2.05) is 29.0 Å². The van der Waals surface area contributed by atoms with Crippen LogP contribution in [0.3, 0.4) is 0 Å². The molecule has 0 spiro atoms. The number of carbonyl (C=O) groups is 1. The molecule has 26 heavy (non-hydrogen) atoms. The molecule has 0 aliphatic carbocycles. The lowest BCUT2D eigenvalue weighted by Crippen LogP contribution is -2.18. The summed E-state index contributed by atoms with van der Waals surface area (Å²) in [5.41, 5.74) is 5.07. The number of rotatable bonds is 7. The maximum atomic E-state index is 11.9. The van der Waals surface area contributed by atoms with Crippen molar-refractivity contribution < 1.29 is 9.90 Å². The van der Waals surface area contributed by atoms with Crippen molar-refractivity contribution in [2.45, 2.75) is 19.4 Å². The monoisotopic (exact) mass is 348 g/mol. The zero-order valence-corrected chi connectivity index (χ0v) is 14.2. The molecule has 1 amide bonds. The molecule has 0 aliphatic rings. The molecule has 2 N–H and O–H groups in total. The topological polar surface area (TPSA) is 79.5 Å². The van der Waals surface area contributed by atoms with E-state index in [0.29, 0.717) is 18.4 Å². The first-order valence-corrected chi connectivity index (χ1v) is 8.35. The summed E-state index contributed by atoms with van der Waals surface area (Å²) in [5.74, 6) is -0.0799. The standard InChI is InChI=1S/C20H20N4O2/c25-19-9-5-4-8-17(19)12-22-23-20(26)11-10-18-14-24(15-21-18)13-16-6-2-1-3-7-16/h1-9,12,14-15,25H,10-11,13H2,(H,23,26)/b22-12+. The molecular formula is C20H20N4O2. The zero-order chi connectivity index (χ0) is 18.2. The SMILES string of the molecule is O=C(CCc1cn(Cc2ccccc2)cn1)N/N=C/c1ccccc1O. The Labute approximate surface area is 151 Å². The van der Waals surface area contributed by atoms with Crippen LogP contribution in [0.15, 0.2) is 72.2 Å². The summed E-state index contributed by atoms with van der Waals surface area (Å²) in [6, 6.07) is 16.9. The molecule has 1 aromatic heterocycles. The smallest absolute Gasteiger partial charge is 0.240 e. The third kappa shape index (κ3) is 5.04. The lowest BCUT2D eigenvalue weighted by Gasteiger charge is -2.01. The van der Waals surface area contributed by atoms with Gasteiger partial charge in [0.05, 0.1) is 18.2 Å². The Hall–Kier alpha value is -3.41. The predicted molar refractivity (Wildman–Crippen MR) is 99.9 cm³/mol. The number of aromatic hydroxyl groups is 1. The van der Waals surface area contributed by atoms with Crippen molar-refractivity contribution in [2.24, 2.45) is 5.10 Å². The van der Waals surface area contributed by atoms with Crippen LogP contribution in [0.2, 0.25) is 0 Å². The van der Waals surface area contributed by atoms with Crippen molar-refractivity contribution >= 4 is 12.1 Å². The third-order valence-corrected chi connectivity index (χ3v) is 3.83. The summed E-state index contributed by atoms with van der Waals surface area (Å²) >= 11 is 0. The maximum Gasteiger partial charge on any atom is 0.240 e. The Balaban J connectivity index is 1.45. The number of nitrogens with zero attached hydrogens (tertiary/aromatic N) is 3. The minimum atomic E-state index is -0.200. The van der Waals surface area contributed by atoms with Crippen LogP contribution >= 0.6 is 0 Å². The molecule has 0 saturated carbocycles. The third-order valence-electron chi connectivity index (χ3n) is 3.83. The number of carbonyl (C=O) groups excluding carboxylic acids is 1. The lowest BCUT2D eigenvalue weighted by atomic mass is 10.2. The number of aromatic nitrogens is 2. The number of benzene rings is 2. The van der Waals surface area contributed by atoms with Gasteiger partial charge in [0, 0.05) is 24.7 Å². The number of para-hydroxylation sites is 1. The number of imidazole rings is 1.